The predicted octanol–water partition coefficient (Wildman–Crippen LogP) is -2.00. The first-order chi connectivity index (χ1) is 21.1. The molecule has 5 rings (SSSR count). The fourth-order valence-corrected chi connectivity index (χ4v) is 6.46. The van der Waals surface area contributed by atoms with Crippen LogP contribution in [-0.4, -0.2) is 123 Å². The van der Waals surface area contributed by atoms with Crippen molar-refractivity contribution < 1.29 is 39.5 Å². The molecule has 2 aromatic rings. The summed E-state index contributed by atoms with van der Waals surface area (Å²) in [6, 6.07) is -1.63. The number of ether oxygens (including phenoxy) is 2. The van der Waals surface area contributed by atoms with E-state index in [-0.39, 0.29) is 24.9 Å². The van der Waals surface area contributed by atoms with E-state index in [0.29, 0.717) is 38.5 Å². The summed E-state index contributed by atoms with van der Waals surface area (Å²) in [4.78, 5) is 23.9. The normalized spacial score (nSPS) is 35.5. The highest BCUT2D eigenvalue weighted by molar-refractivity contribution is 5.73. The van der Waals surface area contributed by atoms with E-state index >= 15 is 0 Å². The van der Waals surface area contributed by atoms with Crippen LogP contribution in [0.3, 0.4) is 0 Å². The maximum atomic E-state index is 12.0. The van der Waals surface area contributed by atoms with Crippen molar-refractivity contribution in [1.82, 2.24) is 40.6 Å². The molecule has 5 heterocycles. The van der Waals surface area contributed by atoms with Crippen molar-refractivity contribution in [2.75, 3.05) is 0 Å². The summed E-state index contributed by atoms with van der Waals surface area (Å²) in [7, 11) is 0. The highest BCUT2D eigenvalue weighted by atomic mass is 16.5. The molecule has 16 heteroatoms. The van der Waals surface area contributed by atoms with Gasteiger partial charge in [0.15, 0.2) is 0 Å². The SMILES string of the molecule is CC(=O)N[C@@H]1[C@@H](O)[C@H](O)[C@H]2Cn3cc(nn3)CCCCc3cn(nn3)C[C@H]3O[C@H](CCCC[C@H]1O2)[C@H](NC(C)=O)[C@@H](O)[C@@H]3O. The van der Waals surface area contributed by atoms with Gasteiger partial charge in [-0.25, -0.2) is 9.36 Å². The first kappa shape index (κ1) is 32.4. The summed E-state index contributed by atoms with van der Waals surface area (Å²) in [5.74, 6) is -0.705. The third-order valence-corrected chi connectivity index (χ3v) is 8.69. The van der Waals surface area contributed by atoms with E-state index in [1.165, 1.54) is 13.8 Å². The minimum absolute atomic E-state index is 0.174. The summed E-state index contributed by atoms with van der Waals surface area (Å²) in [5.41, 5.74) is 1.59. The Morgan fingerprint density at radius 1 is 0.682 bits per heavy atom. The number of fused-ring (bicyclic) bond motifs is 8. The number of amides is 2. The van der Waals surface area contributed by atoms with Crippen LogP contribution in [0.25, 0.3) is 0 Å². The van der Waals surface area contributed by atoms with Gasteiger partial charge in [0.05, 0.1) is 48.8 Å². The van der Waals surface area contributed by atoms with Gasteiger partial charge in [-0.3, -0.25) is 9.59 Å². The van der Waals surface area contributed by atoms with Crippen molar-refractivity contribution in [2.45, 2.75) is 139 Å². The van der Waals surface area contributed by atoms with Crippen molar-refractivity contribution in [2.24, 2.45) is 0 Å². The monoisotopic (exact) mass is 620 g/mol. The highest BCUT2D eigenvalue weighted by Gasteiger charge is 2.46. The van der Waals surface area contributed by atoms with Crippen molar-refractivity contribution in [1.29, 1.82) is 0 Å². The molecule has 8 bridgehead atoms. The van der Waals surface area contributed by atoms with Gasteiger partial charge in [0.25, 0.3) is 0 Å². The third kappa shape index (κ3) is 7.79. The average Bonchev–Trinajstić information content (AvgIpc) is 3.62. The van der Waals surface area contributed by atoms with Crippen LogP contribution in [-0.2, 0) is 45.0 Å². The topological polar surface area (TPSA) is 219 Å². The lowest BCUT2D eigenvalue weighted by Gasteiger charge is -2.44. The Bertz CT molecular complexity index is 1160. The summed E-state index contributed by atoms with van der Waals surface area (Å²) < 4.78 is 15.7. The van der Waals surface area contributed by atoms with Crippen molar-refractivity contribution in [3.05, 3.63) is 23.8 Å². The number of aliphatic hydroxyl groups is 4. The van der Waals surface area contributed by atoms with Gasteiger partial charge in [0.1, 0.15) is 36.6 Å². The van der Waals surface area contributed by atoms with E-state index in [4.69, 9.17) is 9.47 Å². The first-order valence-electron chi connectivity index (χ1n) is 15.4. The fraction of sp³-hybridized carbons (Fsp3) is 0.786. The standard InChI is InChI=1S/C28H44N8O8/c1-15(37)29-23-19-9-5-6-10-20-24(30-16(2)38)28(42)26(40)22(44-20)14-36-12-18(32-34-36)8-4-3-7-17-11-35(33-31-17)13-21(43-19)25(39)27(23)41/h11-12,19-28,39-42H,3-10,13-14H2,1-2H3,(H,29,37)(H,30,38)/t19-,20-,21-,22-,23+,24+,25-,26-,27-,28-/m1/s1. The first-order valence-corrected chi connectivity index (χ1v) is 15.4. The van der Waals surface area contributed by atoms with Gasteiger partial charge in [0.2, 0.25) is 11.8 Å². The Morgan fingerprint density at radius 2 is 1.09 bits per heavy atom. The van der Waals surface area contributed by atoms with E-state index in [1.54, 1.807) is 9.36 Å². The molecule has 0 aliphatic carbocycles. The molecule has 0 saturated carbocycles. The molecule has 10 atom stereocenters. The molecular weight excluding hydrogens is 576 g/mol. The molecule has 6 N–H and O–H groups in total. The lowest BCUT2D eigenvalue weighted by atomic mass is 9.88. The Hall–Kier alpha value is -3.02. The Balaban J connectivity index is 1.36. The summed E-state index contributed by atoms with van der Waals surface area (Å²) in [6.45, 7) is 3.04. The molecule has 44 heavy (non-hydrogen) atoms. The second-order valence-corrected chi connectivity index (χ2v) is 12.2. The largest absolute Gasteiger partial charge is 0.388 e. The van der Waals surface area contributed by atoms with Gasteiger partial charge in [0, 0.05) is 26.2 Å². The van der Waals surface area contributed by atoms with Crippen LogP contribution in [0.2, 0.25) is 0 Å². The second kappa shape index (κ2) is 14.4. The van der Waals surface area contributed by atoms with E-state index in [9.17, 15) is 30.0 Å². The van der Waals surface area contributed by atoms with Gasteiger partial charge >= 0.3 is 0 Å². The summed E-state index contributed by atoms with van der Waals surface area (Å²) in [5, 5.41) is 66.1. The molecule has 0 radical (unpaired) electrons. The minimum atomic E-state index is -1.26. The zero-order valence-electron chi connectivity index (χ0n) is 25.1. The predicted molar refractivity (Wildman–Crippen MR) is 152 cm³/mol. The summed E-state index contributed by atoms with van der Waals surface area (Å²) in [6.07, 6.45) is 0.959. The number of aliphatic hydroxyl groups excluding tert-OH is 4. The Morgan fingerprint density at radius 3 is 1.48 bits per heavy atom. The Labute approximate surface area is 255 Å². The van der Waals surface area contributed by atoms with Gasteiger partial charge in [-0.1, -0.05) is 23.3 Å². The summed E-state index contributed by atoms with van der Waals surface area (Å²) >= 11 is 0. The number of aryl methyl sites for hydroxylation is 2. The lowest BCUT2D eigenvalue weighted by Crippen LogP contribution is -2.64. The van der Waals surface area contributed by atoms with E-state index in [1.807, 2.05) is 12.4 Å². The van der Waals surface area contributed by atoms with Crippen LogP contribution in [0, 0.1) is 0 Å². The average molecular weight is 621 g/mol. The van der Waals surface area contributed by atoms with Gasteiger partial charge < -0.3 is 40.5 Å². The maximum absolute atomic E-state index is 12.0. The molecule has 3 aliphatic heterocycles. The fourth-order valence-electron chi connectivity index (χ4n) is 6.46. The number of aromatic nitrogens is 6. The van der Waals surface area contributed by atoms with E-state index in [0.717, 1.165) is 24.2 Å². The maximum Gasteiger partial charge on any atom is 0.217 e. The van der Waals surface area contributed by atoms with Crippen molar-refractivity contribution >= 4 is 11.8 Å². The van der Waals surface area contributed by atoms with Crippen LogP contribution in [0.4, 0.5) is 0 Å². The molecule has 16 nitrogen and oxygen atoms in total. The van der Waals surface area contributed by atoms with Gasteiger partial charge in [-0.15, -0.1) is 10.2 Å². The lowest BCUT2D eigenvalue weighted by molar-refractivity contribution is -0.194. The highest BCUT2D eigenvalue weighted by Crippen LogP contribution is 2.29. The zero-order valence-corrected chi connectivity index (χ0v) is 25.1. The van der Waals surface area contributed by atoms with E-state index in [2.05, 4.69) is 31.3 Å². The van der Waals surface area contributed by atoms with Crippen molar-refractivity contribution in [3.8, 4) is 0 Å². The third-order valence-electron chi connectivity index (χ3n) is 8.69. The van der Waals surface area contributed by atoms with Crippen LogP contribution >= 0.6 is 0 Å². The number of carbonyl (C=O) groups excluding carboxylic acids is 2. The van der Waals surface area contributed by atoms with Gasteiger partial charge in [-0.2, -0.15) is 0 Å². The van der Waals surface area contributed by atoms with Crippen molar-refractivity contribution in [3.63, 3.8) is 0 Å². The number of nitrogens with one attached hydrogen (secondary N) is 2. The molecule has 2 aromatic heterocycles. The number of hydrogen-bond donors (Lipinski definition) is 6. The molecule has 3 aliphatic rings. The molecule has 0 aromatic carbocycles. The molecule has 2 fully saturated rings. The number of carbonyl (C=O) groups is 2. The quantitative estimate of drug-likeness (QED) is 0.215. The molecule has 0 spiro atoms. The zero-order chi connectivity index (χ0) is 31.4. The molecule has 244 valence electrons. The molecule has 0 unspecified atom stereocenters. The second-order valence-electron chi connectivity index (χ2n) is 12.2. The molecule has 2 saturated heterocycles. The van der Waals surface area contributed by atoms with Crippen LogP contribution < -0.4 is 10.6 Å². The Kier molecular flexibility index (Phi) is 10.6. The van der Waals surface area contributed by atoms with E-state index < -0.39 is 60.9 Å². The smallest absolute Gasteiger partial charge is 0.217 e. The number of rotatable bonds is 2. The molecule has 2 amide bonds. The van der Waals surface area contributed by atoms with Crippen LogP contribution in [0.15, 0.2) is 12.4 Å². The van der Waals surface area contributed by atoms with Crippen LogP contribution in [0.1, 0.15) is 63.8 Å². The van der Waals surface area contributed by atoms with Gasteiger partial charge in [-0.05, 0) is 38.5 Å². The number of hydrogen-bond acceptors (Lipinski definition) is 12. The number of nitrogens with zero attached hydrogens (tertiary/aromatic N) is 6. The minimum Gasteiger partial charge on any atom is -0.388 e. The molecular formula is C28H44N8O8. The van der Waals surface area contributed by atoms with Crippen LogP contribution in [0.5, 0.6) is 0 Å².